The monoisotopic (exact) mass is 533 g/mol. The topological polar surface area (TPSA) is 167 Å². The van der Waals surface area contributed by atoms with Gasteiger partial charge >= 0.3 is 6.09 Å². The average Bonchev–Trinajstić information content (AvgIpc) is 3.52. The van der Waals surface area contributed by atoms with Gasteiger partial charge in [0.15, 0.2) is 11.5 Å². The Balaban J connectivity index is 1.16. The van der Waals surface area contributed by atoms with Crippen LogP contribution >= 0.6 is 11.6 Å². The van der Waals surface area contributed by atoms with E-state index in [1.165, 1.54) is 18.4 Å². The fraction of sp³-hybridized carbons (Fsp3) is 0.273. The minimum absolute atomic E-state index is 0.0553. The molecule has 0 unspecified atom stereocenters. The summed E-state index contributed by atoms with van der Waals surface area (Å²) in [6.45, 7) is 1.08. The number of benzene rings is 1. The molecule has 0 spiro atoms. The lowest BCUT2D eigenvalue weighted by Crippen LogP contribution is -2.24. The van der Waals surface area contributed by atoms with E-state index in [0.29, 0.717) is 36.3 Å². The first-order chi connectivity index (χ1) is 17.3. The molecule has 0 aliphatic heterocycles. The molecule has 0 aliphatic carbocycles. The quantitative estimate of drug-likeness (QED) is 0.194. The number of carbonyl (C=O) groups is 1. The van der Waals surface area contributed by atoms with Gasteiger partial charge in [-0.05, 0) is 54.3 Å². The van der Waals surface area contributed by atoms with Crippen molar-refractivity contribution < 1.29 is 22.4 Å². The molecule has 0 atom stereocenters. The van der Waals surface area contributed by atoms with Crippen molar-refractivity contribution in [3.8, 4) is 0 Å². The number of amides is 1. The normalized spacial score (nSPS) is 11.6. The van der Waals surface area contributed by atoms with Crippen LogP contribution in [0.15, 0.2) is 58.3 Å². The molecule has 3 heterocycles. The van der Waals surface area contributed by atoms with Crippen LogP contribution in [0, 0.1) is 0 Å². The molecule has 14 heteroatoms. The van der Waals surface area contributed by atoms with Crippen LogP contribution in [0.2, 0.25) is 5.28 Å². The molecular weight excluding hydrogens is 510 g/mol. The van der Waals surface area contributed by atoms with Gasteiger partial charge in [0.1, 0.15) is 11.3 Å². The number of anilines is 1. The van der Waals surface area contributed by atoms with Crippen LogP contribution in [0.4, 0.5) is 10.6 Å². The first-order valence-corrected chi connectivity index (χ1v) is 12.8. The molecule has 190 valence electrons. The maximum absolute atomic E-state index is 12.4. The van der Waals surface area contributed by atoms with Crippen LogP contribution in [0.5, 0.6) is 0 Å². The first kappa shape index (κ1) is 25.4. The van der Waals surface area contributed by atoms with Crippen molar-refractivity contribution in [3.05, 3.63) is 65.6 Å². The smallest absolute Gasteiger partial charge is 0.407 e. The maximum atomic E-state index is 12.4. The van der Waals surface area contributed by atoms with Gasteiger partial charge in [0.25, 0.3) is 0 Å². The summed E-state index contributed by atoms with van der Waals surface area (Å²) in [6.07, 6.45) is 3.87. The van der Waals surface area contributed by atoms with E-state index in [4.69, 9.17) is 26.5 Å². The van der Waals surface area contributed by atoms with Crippen LogP contribution < -0.4 is 15.8 Å². The van der Waals surface area contributed by atoms with E-state index in [0.717, 1.165) is 5.56 Å². The Labute approximate surface area is 211 Å². The van der Waals surface area contributed by atoms with Gasteiger partial charge in [0, 0.05) is 13.1 Å². The number of unbranched alkanes of at least 4 members (excludes halogenated alkanes) is 1. The summed E-state index contributed by atoms with van der Waals surface area (Å²) in [6, 6.07) is 9.55. The molecule has 1 aromatic carbocycles. The number of nitrogens with one attached hydrogen (secondary N) is 2. The van der Waals surface area contributed by atoms with E-state index in [9.17, 15) is 13.2 Å². The molecule has 0 bridgehead atoms. The molecule has 1 amide bonds. The highest BCUT2D eigenvalue weighted by Crippen LogP contribution is 2.18. The second-order valence-corrected chi connectivity index (χ2v) is 9.84. The molecular formula is C22H24ClN7O5S. The Morgan fingerprint density at radius 2 is 1.94 bits per heavy atom. The predicted octanol–water partition coefficient (Wildman–Crippen LogP) is 2.84. The number of sulfonamides is 1. The Morgan fingerprint density at radius 1 is 1.14 bits per heavy atom. The van der Waals surface area contributed by atoms with Gasteiger partial charge in [0.05, 0.1) is 30.6 Å². The van der Waals surface area contributed by atoms with Crippen molar-refractivity contribution >= 4 is 44.7 Å². The van der Waals surface area contributed by atoms with Crippen LogP contribution in [0.25, 0.3) is 11.2 Å². The minimum Gasteiger partial charge on any atom is -0.468 e. The highest BCUT2D eigenvalue weighted by atomic mass is 35.5. The number of rotatable bonds is 11. The zero-order valence-electron chi connectivity index (χ0n) is 19.1. The van der Waals surface area contributed by atoms with E-state index in [2.05, 4.69) is 25.0 Å². The number of imidazole rings is 1. The average molecular weight is 534 g/mol. The van der Waals surface area contributed by atoms with E-state index in [1.807, 2.05) is 4.57 Å². The first-order valence-electron chi connectivity index (χ1n) is 11.0. The molecule has 0 radical (unpaired) electrons. The van der Waals surface area contributed by atoms with Crippen molar-refractivity contribution in [2.24, 2.45) is 0 Å². The predicted molar refractivity (Wildman–Crippen MR) is 131 cm³/mol. The van der Waals surface area contributed by atoms with Crippen molar-refractivity contribution in [2.45, 2.75) is 37.4 Å². The fourth-order valence-electron chi connectivity index (χ4n) is 3.33. The third kappa shape index (κ3) is 6.50. The number of aromatic nitrogens is 4. The molecule has 4 N–H and O–H groups in total. The molecule has 4 aromatic rings. The number of hydrogen-bond acceptors (Lipinski definition) is 9. The van der Waals surface area contributed by atoms with E-state index in [1.54, 1.807) is 30.6 Å². The van der Waals surface area contributed by atoms with Crippen LogP contribution in [-0.4, -0.2) is 40.6 Å². The summed E-state index contributed by atoms with van der Waals surface area (Å²) in [4.78, 5) is 24.3. The number of nitrogens with zero attached hydrogens (tertiary/aromatic N) is 4. The molecule has 12 nitrogen and oxygen atoms in total. The van der Waals surface area contributed by atoms with Gasteiger partial charge in [-0.2, -0.15) is 9.97 Å². The van der Waals surface area contributed by atoms with Gasteiger partial charge in [-0.3, -0.25) is 0 Å². The van der Waals surface area contributed by atoms with Gasteiger partial charge in [0.2, 0.25) is 15.3 Å². The lowest BCUT2D eigenvalue weighted by Gasteiger charge is -2.09. The number of aryl methyl sites for hydroxylation is 1. The number of furan rings is 1. The van der Waals surface area contributed by atoms with Crippen LogP contribution in [0.3, 0.4) is 0 Å². The Morgan fingerprint density at radius 3 is 2.69 bits per heavy atom. The molecule has 0 saturated heterocycles. The molecule has 36 heavy (non-hydrogen) atoms. The lowest BCUT2D eigenvalue weighted by molar-refractivity contribution is 0.143. The molecule has 0 aliphatic rings. The highest BCUT2D eigenvalue weighted by molar-refractivity contribution is 7.89. The van der Waals surface area contributed by atoms with Gasteiger partial charge < -0.3 is 24.8 Å². The lowest BCUT2D eigenvalue weighted by atomic mass is 10.2. The zero-order valence-corrected chi connectivity index (χ0v) is 20.6. The van der Waals surface area contributed by atoms with Crippen molar-refractivity contribution in [3.63, 3.8) is 0 Å². The van der Waals surface area contributed by atoms with Gasteiger partial charge in [-0.1, -0.05) is 12.1 Å². The number of fused-ring (bicyclic) bond motifs is 1. The summed E-state index contributed by atoms with van der Waals surface area (Å²) in [7, 11) is -3.68. The third-order valence-corrected chi connectivity index (χ3v) is 6.76. The molecule has 3 aromatic heterocycles. The van der Waals surface area contributed by atoms with Gasteiger partial charge in [-0.25, -0.2) is 22.9 Å². The number of nitrogens with two attached hydrogens (primary N) is 1. The molecule has 0 fully saturated rings. The number of carbonyl (C=O) groups excluding carboxylic acids is 1. The van der Waals surface area contributed by atoms with E-state index < -0.39 is 16.1 Å². The fourth-order valence-corrected chi connectivity index (χ4v) is 4.49. The summed E-state index contributed by atoms with van der Waals surface area (Å²) in [5.41, 5.74) is 7.57. The third-order valence-electron chi connectivity index (χ3n) is 5.18. The molecule has 0 saturated carbocycles. The SMILES string of the molecule is Nc1nc(Cl)nc2c1ncn2CCCCOC(=O)NCc1ccc(S(=O)(=O)NCc2ccco2)cc1. The standard InChI is InChI=1S/C22H24ClN7O5S/c23-21-28-19(24)18-20(29-21)30(14-26-18)9-1-2-10-35-22(31)25-12-15-5-7-17(8-6-15)36(32,33)27-13-16-4-3-11-34-16/h3-8,11,14,27H,1-2,9-10,12-13H2,(H,25,31)(H2,24,28,29). The Bertz CT molecular complexity index is 1420. The summed E-state index contributed by atoms with van der Waals surface area (Å²) >= 11 is 5.86. The summed E-state index contributed by atoms with van der Waals surface area (Å²) in [5, 5.41) is 2.70. The summed E-state index contributed by atoms with van der Waals surface area (Å²) < 4.78 is 39.4. The van der Waals surface area contributed by atoms with E-state index >= 15 is 0 Å². The van der Waals surface area contributed by atoms with Gasteiger partial charge in [-0.15, -0.1) is 0 Å². The maximum Gasteiger partial charge on any atom is 0.407 e. The van der Waals surface area contributed by atoms with E-state index in [-0.39, 0.29) is 35.7 Å². The number of hydrogen-bond donors (Lipinski definition) is 3. The summed E-state index contributed by atoms with van der Waals surface area (Å²) in [5.74, 6) is 0.736. The number of ether oxygens (including phenoxy) is 1. The van der Waals surface area contributed by atoms with Crippen LogP contribution in [-0.2, 0) is 34.4 Å². The van der Waals surface area contributed by atoms with Crippen molar-refractivity contribution in [2.75, 3.05) is 12.3 Å². The molecule has 4 rings (SSSR count). The number of nitrogen functional groups attached to an aromatic ring is 1. The second kappa shape index (κ2) is 11.4. The largest absolute Gasteiger partial charge is 0.468 e. The number of halogens is 1. The Kier molecular flexibility index (Phi) is 8.03. The van der Waals surface area contributed by atoms with Crippen LogP contribution in [0.1, 0.15) is 24.2 Å². The second-order valence-electron chi connectivity index (χ2n) is 7.73. The number of alkyl carbamates (subject to hydrolysis) is 1. The van der Waals surface area contributed by atoms with Crippen molar-refractivity contribution in [1.82, 2.24) is 29.6 Å². The Hall–Kier alpha value is -3.68. The zero-order chi connectivity index (χ0) is 25.5. The highest BCUT2D eigenvalue weighted by Gasteiger charge is 2.14. The minimum atomic E-state index is -3.68. The van der Waals surface area contributed by atoms with Crippen molar-refractivity contribution in [1.29, 1.82) is 0 Å².